The number of aromatic hydroxyl groups is 2. The van der Waals surface area contributed by atoms with Crippen LogP contribution in [0.15, 0.2) is 73.1 Å². The predicted octanol–water partition coefficient (Wildman–Crippen LogP) is 3.69. The van der Waals surface area contributed by atoms with Gasteiger partial charge in [0, 0.05) is 5.69 Å². The van der Waals surface area contributed by atoms with E-state index in [0.29, 0.717) is 16.8 Å². The standard InChI is InChI=1S/C24H21N3O5/c28-21-9-6-15(10-22(21)29)11-23(30)26-17-7-8-19-18(12-17)25-14-27(19)20(13-24(31)32)16-4-2-1-3-5-16/h1-10,12,14,20,28-29H,11,13H2,(H,26,30)(H,31,32). The van der Waals surface area contributed by atoms with Crippen molar-refractivity contribution in [2.45, 2.75) is 18.9 Å². The minimum absolute atomic E-state index is 0.0228. The van der Waals surface area contributed by atoms with Crippen LogP contribution >= 0.6 is 0 Å². The molecule has 8 heteroatoms. The van der Waals surface area contributed by atoms with Gasteiger partial charge in [-0.15, -0.1) is 0 Å². The van der Waals surface area contributed by atoms with Gasteiger partial charge in [0.05, 0.1) is 36.2 Å². The summed E-state index contributed by atoms with van der Waals surface area (Å²) in [6.07, 6.45) is 1.54. The molecule has 4 aromatic rings. The van der Waals surface area contributed by atoms with E-state index in [0.717, 1.165) is 11.1 Å². The van der Waals surface area contributed by atoms with Crippen molar-refractivity contribution in [2.24, 2.45) is 0 Å². The highest BCUT2D eigenvalue weighted by atomic mass is 16.4. The number of aliphatic carboxylic acids is 1. The Morgan fingerprint density at radius 1 is 0.969 bits per heavy atom. The van der Waals surface area contributed by atoms with Gasteiger partial charge in [0.1, 0.15) is 0 Å². The molecular weight excluding hydrogens is 410 g/mol. The first-order valence-corrected chi connectivity index (χ1v) is 9.95. The van der Waals surface area contributed by atoms with Crippen molar-refractivity contribution in [1.29, 1.82) is 0 Å². The number of carboxylic acid groups (broad SMARTS) is 1. The molecule has 3 aromatic carbocycles. The van der Waals surface area contributed by atoms with Crippen molar-refractivity contribution in [2.75, 3.05) is 5.32 Å². The van der Waals surface area contributed by atoms with E-state index in [9.17, 15) is 24.9 Å². The summed E-state index contributed by atoms with van der Waals surface area (Å²) in [6, 6.07) is 18.4. The molecule has 4 rings (SSSR count). The van der Waals surface area contributed by atoms with E-state index in [1.807, 2.05) is 34.9 Å². The molecule has 0 spiro atoms. The van der Waals surface area contributed by atoms with Crippen molar-refractivity contribution < 1.29 is 24.9 Å². The molecule has 1 unspecified atom stereocenters. The van der Waals surface area contributed by atoms with Gasteiger partial charge in [0.2, 0.25) is 5.91 Å². The molecule has 0 aliphatic heterocycles. The SMILES string of the molecule is O=C(O)CC(c1ccccc1)n1cnc2cc(NC(=O)Cc3ccc(O)c(O)c3)ccc21. The number of nitrogens with zero attached hydrogens (tertiary/aromatic N) is 2. The lowest BCUT2D eigenvalue weighted by Crippen LogP contribution is -2.15. The van der Waals surface area contributed by atoms with E-state index < -0.39 is 12.0 Å². The summed E-state index contributed by atoms with van der Waals surface area (Å²) in [5.41, 5.74) is 3.34. The summed E-state index contributed by atoms with van der Waals surface area (Å²) >= 11 is 0. The lowest BCUT2D eigenvalue weighted by atomic mass is 10.0. The maximum absolute atomic E-state index is 12.4. The third-order valence-electron chi connectivity index (χ3n) is 5.15. The van der Waals surface area contributed by atoms with Crippen LogP contribution in [0.1, 0.15) is 23.6 Å². The Hall–Kier alpha value is -4.33. The van der Waals surface area contributed by atoms with Gasteiger partial charge in [-0.2, -0.15) is 0 Å². The van der Waals surface area contributed by atoms with E-state index in [1.165, 1.54) is 12.1 Å². The van der Waals surface area contributed by atoms with E-state index in [4.69, 9.17) is 0 Å². The zero-order valence-electron chi connectivity index (χ0n) is 17.0. The number of hydrogen-bond acceptors (Lipinski definition) is 5. The fourth-order valence-electron chi connectivity index (χ4n) is 3.64. The number of carbonyl (C=O) groups is 2. The van der Waals surface area contributed by atoms with Gasteiger partial charge in [-0.1, -0.05) is 36.4 Å². The lowest BCUT2D eigenvalue weighted by Gasteiger charge is -2.18. The second-order valence-electron chi connectivity index (χ2n) is 7.43. The fourth-order valence-corrected chi connectivity index (χ4v) is 3.64. The van der Waals surface area contributed by atoms with E-state index in [1.54, 1.807) is 30.6 Å². The Kier molecular flexibility index (Phi) is 5.76. The molecule has 0 radical (unpaired) electrons. The Labute approximate surface area is 183 Å². The number of carbonyl (C=O) groups excluding carboxylic acids is 1. The van der Waals surface area contributed by atoms with Crippen LogP contribution in [0, 0.1) is 0 Å². The number of phenolic OH excluding ortho intramolecular Hbond substituents is 2. The van der Waals surface area contributed by atoms with E-state index >= 15 is 0 Å². The highest BCUT2D eigenvalue weighted by Gasteiger charge is 2.20. The average molecular weight is 431 g/mol. The molecule has 8 nitrogen and oxygen atoms in total. The monoisotopic (exact) mass is 431 g/mol. The molecule has 0 saturated carbocycles. The van der Waals surface area contributed by atoms with Crippen LogP contribution in [0.4, 0.5) is 5.69 Å². The van der Waals surface area contributed by atoms with Crippen LogP contribution < -0.4 is 5.32 Å². The molecule has 1 aromatic heterocycles. The molecule has 1 atom stereocenters. The first kappa shape index (κ1) is 20.9. The summed E-state index contributed by atoms with van der Waals surface area (Å²) in [7, 11) is 0. The number of carboxylic acids is 1. The molecular formula is C24H21N3O5. The molecule has 0 bridgehead atoms. The quantitative estimate of drug-likeness (QED) is 0.331. The minimum atomic E-state index is -0.912. The fraction of sp³-hybridized carbons (Fsp3) is 0.125. The molecule has 4 N–H and O–H groups in total. The van der Waals surface area contributed by atoms with Crippen LogP contribution in [0.2, 0.25) is 0 Å². The molecule has 1 amide bonds. The van der Waals surface area contributed by atoms with Crippen LogP contribution in [0.5, 0.6) is 11.5 Å². The van der Waals surface area contributed by atoms with Gasteiger partial charge in [-0.3, -0.25) is 9.59 Å². The van der Waals surface area contributed by atoms with Gasteiger partial charge in [-0.25, -0.2) is 4.98 Å². The normalized spacial score (nSPS) is 11.9. The topological polar surface area (TPSA) is 125 Å². The zero-order chi connectivity index (χ0) is 22.7. The summed E-state index contributed by atoms with van der Waals surface area (Å²) in [4.78, 5) is 28.3. The summed E-state index contributed by atoms with van der Waals surface area (Å²) in [6.45, 7) is 0. The van der Waals surface area contributed by atoms with Gasteiger partial charge >= 0.3 is 5.97 Å². The number of hydrogen-bond donors (Lipinski definition) is 4. The highest BCUT2D eigenvalue weighted by molar-refractivity contribution is 5.94. The summed E-state index contributed by atoms with van der Waals surface area (Å²) in [5.74, 6) is -1.73. The summed E-state index contributed by atoms with van der Waals surface area (Å²) < 4.78 is 1.82. The number of fused-ring (bicyclic) bond motifs is 1. The molecule has 0 aliphatic carbocycles. The van der Waals surface area contributed by atoms with Gasteiger partial charge in [0.25, 0.3) is 0 Å². The van der Waals surface area contributed by atoms with Crippen molar-refractivity contribution in [3.05, 3.63) is 84.2 Å². The van der Waals surface area contributed by atoms with Gasteiger partial charge < -0.3 is 25.2 Å². The molecule has 0 aliphatic rings. The molecule has 0 saturated heterocycles. The maximum Gasteiger partial charge on any atom is 0.305 e. The third-order valence-corrected chi connectivity index (χ3v) is 5.15. The second kappa shape index (κ2) is 8.81. The predicted molar refractivity (Wildman–Crippen MR) is 119 cm³/mol. The van der Waals surface area contributed by atoms with Gasteiger partial charge in [0.15, 0.2) is 11.5 Å². The molecule has 162 valence electrons. The smallest absolute Gasteiger partial charge is 0.305 e. The number of amides is 1. The summed E-state index contributed by atoms with van der Waals surface area (Å²) in [5, 5.41) is 31.2. The Morgan fingerprint density at radius 3 is 2.47 bits per heavy atom. The Balaban J connectivity index is 1.56. The first-order chi connectivity index (χ1) is 15.4. The number of benzene rings is 3. The number of anilines is 1. The van der Waals surface area contributed by atoms with Crippen molar-refractivity contribution in [1.82, 2.24) is 9.55 Å². The highest BCUT2D eigenvalue weighted by Crippen LogP contribution is 2.28. The van der Waals surface area contributed by atoms with Crippen molar-refractivity contribution in [3.63, 3.8) is 0 Å². The van der Waals surface area contributed by atoms with E-state index in [2.05, 4.69) is 10.3 Å². The number of aromatic nitrogens is 2. The second-order valence-corrected chi connectivity index (χ2v) is 7.43. The number of phenols is 2. The third kappa shape index (κ3) is 4.54. The molecule has 0 fully saturated rings. The number of nitrogens with one attached hydrogen (secondary N) is 1. The van der Waals surface area contributed by atoms with Crippen LogP contribution in [0.3, 0.4) is 0 Å². The van der Waals surface area contributed by atoms with Crippen molar-refractivity contribution in [3.8, 4) is 11.5 Å². The molecule has 1 heterocycles. The van der Waals surface area contributed by atoms with Crippen molar-refractivity contribution >= 4 is 28.6 Å². The molecule has 32 heavy (non-hydrogen) atoms. The van der Waals surface area contributed by atoms with E-state index in [-0.39, 0.29) is 30.2 Å². The van der Waals surface area contributed by atoms with Gasteiger partial charge in [-0.05, 0) is 41.5 Å². The number of imidazole rings is 1. The minimum Gasteiger partial charge on any atom is -0.504 e. The zero-order valence-corrected chi connectivity index (χ0v) is 17.0. The largest absolute Gasteiger partial charge is 0.504 e. The van der Waals surface area contributed by atoms with Crippen LogP contribution in [0.25, 0.3) is 11.0 Å². The average Bonchev–Trinajstić information content (AvgIpc) is 3.18. The number of rotatable bonds is 7. The maximum atomic E-state index is 12.4. The first-order valence-electron chi connectivity index (χ1n) is 9.95. The Morgan fingerprint density at radius 2 is 1.75 bits per heavy atom. The Bertz CT molecular complexity index is 1280. The van der Waals surface area contributed by atoms with Crippen LogP contribution in [-0.2, 0) is 16.0 Å². The lowest BCUT2D eigenvalue weighted by molar-refractivity contribution is -0.137. The van der Waals surface area contributed by atoms with Crippen LogP contribution in [-0.4, -0.2) is 36.7 Å².